The molecule has 0 saturated heterocycles. The van der Waals surface area contributed by atoms with Crippen LogP contribution in [0.5, 0.6) is 5.75 Å². The lowest BCUT2D eigenvalue weighted by atomic mass is 9.77. The Morgan fingerprint density at radius 1 is 0.909 bits per heavy atom. The number of rotatable bonds is 2. The van der Waals surface area contributed by atoms with Crippen molar-refractivity contribution in [2.24, 2.45) is 0 Å². The van der Waals surface area contributed by atoms with E-state index in [1.807, 2.05) is 0 Å². The van der Waals surface area contributed by atoms with E-state index in [0.29, 0.717) is 0 Å². The summed E-state index contributed by atoms with van der Waals surface area (Å²) in [6, 6.07) is 10.6. The van der Waals surface area contributed by atoms with Crippen LogP contribution in [0.4, 0.5) is 0 Å². The van der Waals surface area contributed by atoms with Gasteiger partial charge in [-0.1, -0.05) is 65.8 Å². The van der Waals surface area contributed by atoms with Crippen molar-refractivity contribution < 1.29 is 3.79 Å². The first-order chi connectivity index (χ1) is 10.0. The van der Waals surface area contributed by atoms with Crippen LogP contribution >= 0.6 is 20.1 Å². The van der Waals surface area contributed by atoms with E-state index in [4.69, 9.17) is 23.9 Å². The number of fused-ring (bicyclic) bond motifs is 1. The maximum atomic E-state index is 6.09. The van der Waals surface area contributed by atoms with Crippen LogP contribution < -0.4 is 3.79 Å². The smallest absolute Gasteiger partial charge is 0.620 e. The molecule has 0 aliphatic carbocycles. The Kier molecular flexibility index (Phi) is 5.10. The van der Waals surface area contributed by atoms with Gasteiger partial charge in [-0.15, -0.1) is 0 Å². The maximum Gasteiger partial charge on any atom is 0.815 e. The highest BCUT2D eigenvalue weighted by atomic mass is 35.7. The van der Waals surface area contributed by atoms with Gasteiger partial charge in [0.1, 0.15) is 0 Å². The van der Waals surface area contributed by atoms with Crippen molar-refractivity contribution in [2.45, 2.75) is 52.4 Å². The number of hydrogen-bond acceptors (Lipinski definition) is 1. The summed E-state index contributed by atoms with van der Waals surface area (Å²) in [5, 5.41) is 2.44. The molecule has 0 N–H and O–H groups in total. The molecule has 1 nitrogen and oxygen atoms in total. The van der Waals surface area contributed by atoms with Gasteiger partial charge in [0.2, 0.25) is 0 Å². The van der Waals surface area contributed by atoms with Gasteiger partial charge in [0.15, 0.2) is 0 Å². The summed E-state index contributed by atoms with van der Waals surface area (Å²) in [7, 11) is 12.2. The van der Waals surface area contributed by atoms with Gasteiger partial charge in [-0.2, -0.15) is 20.1 Å². The van der Waals surface area contributed by atoms with E-state index < -0.39 is 12.6 Å². The Hall–Kier alpha value is -0.388. The van der Waals surface area contributed by atoms with E-state index in [9.17, 15) is 0 Å². The second-order valence-electron chi connectivity index (χ2n) is 7.73. The predicted molar refractivity (Wildman–Crippen MR) is 99.4 cm³/mol. The zero-order valence-corrected chi connectivity index (χ0v) is 16.8. The fourth-order valence-corrected chi connectivity index (χ4v) is 3.80. The van der Waals surface area contributed by atoms with Crippen molar-refractivity contribution in [1.29, 1.82) is 0 Å². The van der Waals surface area contributed by atoms with Crippen molar-refractivity contribution in [3.05, 3.63) is 41.5 Å². The zero-order valence-electron chi connectivity index (χ0n) is 14.1. The zero-order chi connectivity index (χ0) is 16.7. The molecule has 0 atom stereocenters. The van der Waals surface area contributed by atoms with Gasteiger partial charge >= 0.3 is 12.6 Å². The molecule has 0 bridgehead atoms. The van der Waals surface area contributed by atoms with Crippen molar-refractivity contribution >= 4 is 43.5 Å². The SMILES string of the molecule is CC(C)(C)c1cc2ccccc2c(C(C)(C)C)c1[O][Al]([Cl])[Cl]. The number of hydrogen-bond donors (Lipinski definition) is 0. The summed E-state index contributed by atoms with van der Waals surface area (Å²) in [6.07, 6.45) is 0. The van der Waals surface area contributed by atoms with E-state index in [2.05, 4.69) is 71.9 Å². The highest BCUT2D eigenvalue weighted by Gasteiger charge is 2.31. The molecule has 0 aliphatic heterocycles. The molecule has 0 spiro atoms. The average molecular weight is 353 g/mol. The third kappa shape index (κ3) is 3.74. The van der Waals surface area contributed by atoms with E-state index in [1.165, 1.54) is 16.3 Å². The minimum Gasteiger partial charge on any atom is -0.620 e. The van der Waals surface area contributed by atoms with E-state index in [1.54, 1.807) is 0 Å². The van der Waals surface area contributed by atoms with Crippen molar-refractivity contribution in [1.82, 2.24) is 0 Å². The van der Waals surface area contributed by atoms with Crippen LogP contribution in [-0.2, 0) is 10.8 Å². The van der Waals surface area contributed by atoms with Gasteiger partial charge in [0.05, 0.1) is 5.75 Å². The molecule has 0 aliphatic rings. The largest absolute Gasteiger partial charge is 0.815 e. The molecule has 2 aromatic carbocycles. The Balaban J connectivity index is 2.94. The van der Waals surface area contributed by atoms with Crippen molar-refractivity contribution in [2.75, 3.05) is 0 Å². The minimum atomic E-state index is -2.23. The summed E-state index contributed by atoms with van der Waals surface area (Å²) >= 11 is -2.23. The summed E-state index contributed by atoms with van der Waals surface area (Å²) in [5.41, 5.74) is 2.24. The van der Waals surface area contributed by atoms with E-state index in [-0.39, 0.29) is 10.8 Å². The molecule has 0 fully saturated rings. The molecular formula is C18H23AlCl2O. The summed E-state index contributed by atoms with van der Waals surface area (Å²) < 4.78 is 6.01. The molecule has 4 heteroatoms. The van der Waals surface area contributed by atoms with Crippen LogP contribution in [-0.4, -0.2) is 12.6 Å². The molecule has 2 aromatic rings. The first kappa shape index (κ1) is 18.0. The van der Waals surface area contributed by atoms with Gasteiger partial charge in [-0.05, 0) is 33.2 Å². The topological polar surface area (TPSA) is 9.23 Å². The third-order valence-corrected chi connectivity index (χ3v) is 4.72. The first-order valence-electron chi connectivity index (χ1n) is 7.53. The van der Waals surface area contributed by atoms with Crippen LogP contribution in [0.15, 0.2) is 30.3 Å². The van der Waals surface area contributed by atoms with Gasteiger partial charge in [-0.25, -0.2) is 0 Å². The number of halogens is 2. The Morgan fingerprint density at radius 2 is 1.50 bits per heavy atom. The molecule has 0 amide bonds. The first-order valence-corrected chi connectivity index (χ1v) is 11.5. The van der Waals surface area contributed by atoms with Gasteiger partial charge in [0, 0.05) is 5.56 Å². The highest BCUT2D eigenvalue weighted by molar-refractivity contribution is 7.31. The van der Waals surface area contributed by atoms with Crippen LogP contribution in [0, 0.1) is 0 Å². The average Bonchev–Trinajstić information content (AvgIpc) is 2.34. The fourth-order valence-electron chi connectivity index (χ4n) is 2.84. The number of benzene rings is 2. The van der Waals surface area contributed by atoms with Gasteiger partial charge < -0.3 is 3.79 Å². The Bertz CT molecular complexity index is 682. The molecule has 0 aromatic heterocycles. The quantitative estimate of drug-likeness (QED) is 0.578. The predicted octanol–water partition coefficient (Wildman–Crippen LogP) is 6.28. The molecule has 0 unspecified atom stereocenters. The van der Waals surface area contributed by atoms with Gasteiger partial charge in [-0.3, -0.25) is 0 Å². The molecule has 0 heterocycles. The second kappa shape index (κ2) is 6.25. The maximum absolute atomic E-state index is 6.09. The fraction of sp³-hybridized carbons (Fsp3) is 0.444. The molecule has 0 radical (unpaired) electrons. The lowest BCUT2D eigenvalue weighted by Gasteiger charge is -2.32. The van der Waals surface area contributed by atoms with Crippen LogP contribution in [0.1, 0.15) is 52.7 Å². The van der Waals surface area contributed by atoms with Crippen molar-refractivity contribution in [3.8, 4) is 5.75 Å². The third-order valence-electron chi connectivity index (χ3n) is 3.77. The monoisotopic (exact) mass is 352 g/mol. The van der Waals surface area contributed by atoms with Crippen LogP contribution in [0.25, 0.3) is 10.8 Å². The van der Waals surface area contributed by atoms with E-state index >= 15 is 0 Å². The van der Waals surface area contributed by atoms with E-state index in [0.717, 1.165) is 11.3 Å². The molecule has 22 heavy (non-hydrogen) atoms. The molecule has 118 valence electrons. The Morgan fingerprint density at radius 3 is 2.00 bits per heavy atom. The summed E-state index contributed by atoms with van der Waals surface area (Å²) in [6.45, 7) is 13.2. The van der Waals surface area contributed by atoms with Crippen LogP contribution in [0.2, 0.25) is 0 Å². The van der Waals surface area contributed by atoms with Crippen LogP contribution in [0.3, 0.4) is 0 Å². The second-order valence-corrected chi connectivity index (χ2v) is 11.5. The molecule has 0 saturated carbocycles. The molecular weight excluding hydrogens is 330 g/mol. The summed E-state index contributed by atoms with van der Waals surface area (Å²) in [5.74, 6) is 0.875. The Labute approximate surface area is 146 Å². The molecule has 2 rings (SSSR count). The summed E-state index contributed by atoms with van der Waals surface area (Å²) in [4.78, 5) is 0. The van der Waals surface area contributed by atoms with Gasteiger partial charge in [0.25, 0.3) is 0 Å². The minimum absolute atomic E-state index is 0.0452. The standard InChI is InChI=1S/C18H24O.Al.2ClH/c1-17(2,3)14-11-12-9-7-8-10-13(12)15(16(14)19)18(4,5)6;;;/h7-11,19H,1-6H3;;2*1H/q;+3;;/p-3. The normalized spacial score (nSPS) is 12.5. The lowest BCUT2D eigenvalue weighted by molar-refractivity contribution is 0.500. The van der Waals surface area contributed by atoms with Crippen molar-refractivity contribution in [3.63, 3.8) is 0 Å². The lowest BCUT2D eigenvalue weighted by Crippen LogP contribution is -2.22. The highest BCUT2D eigenvalue weighted by Crippen LogP contribution is 2.44.